The normalized spacial score (nSPS) is 11.4. The van der Waals surface area contributed by atoms with E-state index in [1.54, 1.807) is 0 Å². The third-order valence-corrected chi connectivity index (χ3v) is 4.93. The Morgan fingerprint density at radius 1 is 0.680 bits per heavy atom. The van der Waals surface area contributed by atoms with Crippen molar-refractivity contribution in [3.63, 3.8) is 0 Å². The first-order valence-corrected chi connectivity index (χ1v) is 10.0. The van der Waals surface area contributed by atoms with E-state index in [1.165, 1.54) is 11.1 Å². The van der Waals surface area contributed by atoms with Crippen LogP contribution in [0.5, 0.6) is 11.5 Å². The summed E-state index contributed by atoms with van der Waals surface area (Å²) in [5, 5.41) is 0. The Bertz CT molecular complexity index is 566. The zero-order valence-electron chi connectivity index (χ0n) is 15.1. The molecular weight excluding hydrogens is 348 g/mol. The van der Waals surface area contributed by atoms with Gasteiger partial charge in [-0.1, -0.05) is 38.1 Å². The largest absolute Gasteiger partial charge is 0.494 e. The van der Waals surface area contributed by atoms with E-state index in [0.717, 1.165) is 35.8 Å². The Labute approximate surface area is 162 Å². The van der Waals surface area contributed by atoms with Crippen molar-refractivity contribution < 1.29 is 9.47 Å². The maximum atomic E-state index is 5.71. The molecule has 0 aliphatic carbocycles. The van der Waals surface area contributed by atoms with Crippen molar-refractivity contribution in [1.29, 1.82) is 0 Å². The lowest BCUT2D eigenvalue weighted by Crippen LogP contribution is -2.18. The second-order valence-electron chi connectivity index (χ2n) is 6.52. The average molecular weight is 377 g/mol. The molecule has 4 heteroatoms. The Morgan fingerprint density at radius 2 is 1.04 bits per heavy atom. The van der Waals surface area contributed by atoms with Gasteiger partial charge in [0.15, 0.2) is 0 Å². The highest BCUT2D eigenvalue weighted by atomic mass is 32.1. The van der Waals surface area contributed by atoms with Gasteiger partial charge in [-0.25, -0.2) is 0 Å². The molecule has 0 unspecified atom stereocenters. The topological polar surface area (TPSA) is 18.5 Å². The zero-order valence-corrected chi connectivity index (χ0v) is 16.9. The number of hydrogen-bond donors (Lipinski definition) is 2. The predicted octanol–water partition coefficient (Wildman–Crippen LogP) is 5.41. The van der Waals surface area contributed by atoms with Crippen molar-refractivity contribution >= 4 is 25.3 Å². The van der Waals surface area contributed by atoms with Crippen LogP contribution in [0.25, 0.3) is 0 Å². The van der Waals surface area contributed by atoms with E-state index in [0.29, 0.717) is 13.2 Å². The summed E-state index contributed by atoms with van der Waals surface area (Å²) in [5.74, 6) is 3.52. The van der Waals surface area contributed by atoms with Crippen molar-refractivity contribution in [2.45, 2.75) is 32.1 Å². The van der Waals surface area contributed by atoms with Crippen LogP contribution in [0, 0.1) is 0 Å². The van der Waals surface area contributed by atoms with E-state index in [9.17, 15) is 0 Å². The van der Waals surface area contributed by atoms with Crippen LogP contribution < -0.4 is 9.47 Å². The van der Waals surface area contributed by atoms with Crippen LogP contribution >= 0.6 is 25.3 Å². The third-order valence-electron chi connectivity index (χ3n) is 4.29. The van der Waals surface area contributed by atoms with Crippen LogP contribution in [0.3, 0.4) is 0 Å². The van der Waals surface area contributed by atoms with E-state index >= 15 is 0 Å². The van der Waals surface area contributed by atoms with Gasteiger partial charge < -0.3 is 9.47 Å². The molecule has 0 aliphatic rings. The summed E-state index contributed by atoms with van der Waals surface area (Å²) in [5.41, 5.74) is 2.45. The van der Waals surface area contributed by atoms with Gasteiger partial charge in [0.2, 0.25) is 0 Å². The molecule has 0 bridgehead atoms. The lowest BCUT2D eigenvalue weighted by atomic mass is 9.78. The van der Waals surface area contributed by atoms with Crippen LogP contribution in [0.1, 0.15) is 37.8 Å². The summed E-state index contributed by atoms with van der Waals surface area (Å²) in [4.78, 5) is 0. The van der Waals surface area contributed by atoms with Gasteiger partial charge in [0.1, 0.15) is 11.5 Å². The first-order valence-electron chi connectivity index (χ1n) is 8.76. The maximum absolute atomic E-state index is 5.71. The van der Waals surface area contributed by atoms with Gasteiger partial charge in [0, 0.05) is 5.41 Å². The molecule has 0 aliphatic heterocycles. The van der Waals surface area contributed by atoms with Crippen LogP contribution in [-0.2, 0) is 5.41 Å². The molecule has 0 saturated heterocycles. The number of thiol groups is 2. The minimum absolute atomic E-state index is 0.0761. The van der Waals surface area contributed by atoms with Crippen molar-refractivity contribution in [3.8, 4) is 11.5 Å². The van der Waals surface area contributed by atoms with Crippen molar-refractivity contribution in [1.82, 2.24) is 0 Å². The first-order chi connectivity index (χ1) is 12.1. The monoisotopic (exact) mass is 376 g/mol. The van der Waals surface area contributed by atoms with E-state index in [1.807, 2.05) is 24.3 Å². The molecule has 25 heavy (non-hydrogen) atoms. The number of rotatable bonds is 10. The molecule has 0 spiro atoms. The maximum Gasteiger partial charge on any atom is 0.119 e. The molecule has 0 heterocycles. The standard InChI is InChI=1S/C21H28O2S2/c1-21(2,17-5-9-19(10-6-17)22-13-3-15-24)18-7-11-20(12-8-18)23-14-4-16-25/h5-12,24-25H,3-4,13-16H2,1-2H3. The molecular formula is C21H28O2S2. The zero-order chi connectivity index (χ0) is 18.1. The lowest BCUT2D eigenvalue weighted by Gasteiger charge is -2.26. The molecule has 0 saturated carbocycles. The molecule has 0 fully saturated rings. The summed E-state index contributed by atoms with van der Waals surface area (Å²) in [6.45, 7) is 5.89. The molecule has 0 amide bonds. The fourth-order valence-electron chi connectivity index (χ4n) is 2.61. The van der Waals surface area contributed by atoms with Gasteiger partial charge in [-0.05, 0) is 59.7 Å². The average Bonchev–Trinajstić information content (AvgIpc) is 2.63. The summed E-state index contributed by atoms with van der Waals surface area (Å²) in [6, 6.07) is 16.8. The molecule has 0 N–H and O–H groups in total. The quantitative estimate of drug-likeness (QED) is 0.427. The van der Waals surface area contributed by atoms with E-state index in [4.69, 9.17) is 9.47 Å². The predicted molar refractivity (Wildman–Crippen MR) is 113 cm³/mol. The van der Waals surface area contributed by atoms with Crippen LogP contribution in [-0.4, -0.2) is 24.7 Å². The Morgan fingerprint density at radius 3 is 1.36 bits per heavy atom. The SMILES string of the molecule is CC(C)(c1ccc(OCCCS)cc1)c1ccc(OCCCS)cc1. The number of benzene rings is 2. The molecule has 2 rings (SSSR count). The van der Waals surface area contributed by atoms with Gasteiger partial charge in [-0.2, -0.15) is 25.3 Å². The van der Waals surface area contributed by atoms with Crippen LogP contribution in [0.4, 0.5) is 0 Å². The third kappa shape index (κ3) is 5.89. The van der Waals surface area contributed by atoms with Gasteiger partial charge >= 0.3 is 0 Å². The number of ether oxygens (including phenoxy) is 2. The molecule has 2 aromatic rings. The minimum atomic E-state index is -0.0761. The number of hydrogen-bond acceptors (Lipinski definition) is 4. The smallest absolute Gasteiger partial charge is 0.119 e. The molecule has 0 radical (unpaired) electrons. The van der Waals surface area contributed by atoms with Crippen LogP contribution in [0.2, 0.25) is 0 Å². The summed E-state index contributed by atoms with van der Waals surface area (Å²) in [7, 11) is 0. The van der Waals surface area contributed by atoms with E-state index in [2.05, 4.69) is 63.4 Å². The Kier molecular flexibility index (Phi) is 8.04. The summed E-state index contributed by atoms with van der Waals surface area (Å²) in [6.07, 6.45) is 1.91. The van der Waals surface area contributed by atoms with Gasteiger partial charge in [0.25, 0.3) is 0 Å². The molecule has 136 valence electrons. The van der Waals surface area contributed by atoms with Crippen LogP contribution in [0.15, 0.2) is 48.5 Å². The van der Waals surface area contributed by atoms with E-state index < -0.39 is 0 Å². The van der Waals surface area contributed by atoms with Gasteiger partial charge in [-0.3, -0.25) is 0 Å². The highest BCUT2D eigenvalue weighted by molar-refractivity contribution is 7.80. The highest BCUT2D eigenvalue weighted by Gasteiger charge is 2.23. The fourth-order valence-corrected chi connectivity index (χ4v) is 2.87. The minimum Gasteiger partial charge on any atom is -0.494 e. The molecule has 2 nitrogen and oxygen atoms in total. The first kappa shape index (κ1) is 20.1. The summed E-state index contributed by atoms with van der Waals surface area (Å²) >= 11 is 8.40. The van der Waals surface area contributed by atoms with E-state index in [-0.39, 0.29) is 5.41 Å². The molecule has 2 aromatic carbocycles. The molecule has 0 atom stereocenters. The van der Waals surface area contributed by atoms with Gasteiger partial charge in [-0.15, -0.1) is 0 Å². The highest BCUT2D eigenvalue weighted by Crippen LogP contribution is 2.33. The second kappa shape index (κ2) is 10.0. The van der Waals surface area contributed by atoms with Crippen molar-refractivity contribution in [2.75, 3.05) is 24.7 Å². The Hall–Kier alpha value is -1.26. The van der Waals surface area contributed by atoms with Crippen molar-refractivity contribution in [2.24, 2.45) is 0 Å². The Balaban J connectivity index is 2.04. The van der Waals surface area contributed by atoms with Crippen molar-refractivity contribution in [3.05, 3.63) is 59.7 Å². The summed E-state index contributed by atoms with van der Waals surface area (Å²) < 4.78 is 11.4. The lowest BCUT2D eigenvalue weighted by molar-refractivity contribution is 0.318. The molecule has 0 aromatic heterocycles. The fraction of sp³-hybridized carbons (Fsp3) is 0.429. The van der Waals surface area contributed by atoms with Gasteiger partial charge in [0.05, 0.1) is 13.2 Å². The second-order valence-corrected chi connectivity index (χ2v) is 7.42.